The predicted molar refractivity (Wildman–Crippen MR) is 67.4 cm³/mol. The molecule has 3 fully saturated rings. The zero-order valence-electron chi connectivity index (χ0n) is 11.0. The van der Waals surface area contributed by atoms with Gasteiger partial charge >= 0.3 is 0 Å². The molecule has 3 rings (SSSR count). The highest BCUT2D eigenvalue weighted by atomic mass is 16.2. The Labute approximate surface area is 104 Å². The first-order valence-corrected chi connectivity index (χ1v) is 7.24. The lowest BCUT2D eigenvalue weighted by atomic mass is 9.96. The Morgan fingerprint density at radius 1 is 1.18 bits per heavy atom. The molecule has 1 saturated heterocycles. The second-order valence-electron chi connectivity index (χ2n) is 6.30. The summed E-state index contributed by atoms with van der Waals surface area (Å²) >= 11 is 0. The highest BCUT2D eigenvalue weighted by Gasteiger charge is 2.53. The maximum absolute atomic E-state index is 12.7. The van der Waals surface area contributed by atoms with E-state index in [2.05, 4.69) is 24.1 Å². The molecule has 1 N–H and O–H groups in total. The van der Waals surface area contributed by atoms with Crippen LogP contribution >= 0.6 is 0 Å². The maximum Gasteiger partial charge on any atom is 0.244 e. The summed E-state index contributed by atoms with van der Waals surface area (Å²) in [4.78, 5) is 14.9. The van der Waals surface area contributed by atoms with Gasteiger partial charge in [-0.15, -0.1) is 0 Å². The molecule has 17 heavy (non-hydrogen) atoms. The van der Waals surface area contributed by atoms with E-state index in [0.29, 0.717) is 17.9 Å². The van der Waals surface area contributed by atoms with E-state index in [9.17, 15) is 4.79 Å². The Morgan fingerprint density at radius 3 is 2.47 bits per heavy atom. The number of hydrogen-bond acceptors (Lipinski definition) is 2. The molecule has 0 aromatic carbocycles. The summed E-state index contributed by atoms with van der Waals surface area (Å²) in [5.41, 5.74) is -0.179. The van der Waals surface area contributed by atoms with Gasteiger partial charge in [0.25, 0.3) is 0 Å². The number of carbonyl (C=O) groups is 1. The second-order valence-corrected chi connectivity index (χ2v) is 6.30. The first kappa shape index (κ1) is 11.5. The van der Waals surface area contributed by atoms with Gasteiger partial charge in [-0.2, -0.15) is 0 Å². The van der Waals surface area contributed by atoms with E-state index in [-0.39, 0.29) is 11.7 Å². The van der Waals surface area contributed by atoms with Gasteiger partial charge in [-0.05, 0) is 38.5 Å². The SMILES string of the molecule is CC1CCCC1N1C(=O)C2(CCCC2)NC1C. The van der Waals surface area contributed by atoms with E-state index in [1.54, 1.807) is 0 Å². The van der Waals surface area contributed by atoms with Crippen molar-refractivity contribution in [2.24, 2.45) is 5.92 Å². The van der Waals surface area contributed by atoms with Crippen LogP contribution in [-0.2, 0) is 4.79 Å². The van der Waals surface area contributed by atoms with Gasteiger partial charge in [0.05, 0.1) is 11.7 Å². The molecule has 1 amide bonds. The largest absolute Gasteiger partial charge is 0.323 e. The molecule has 96 valence electrons. The van der Waals surface area contributed by atoms with Gasteiger partial charge < -0.3 is 4.90 Å². The quantitative estimate of drug-likeness (QED) is 0.757. The van der Waals surface area contributed by atoms with Crippen LogP contribution in [0, 0.1) is 5.92 Å². The molecular weight excluding hydrogens is 212 g/mol. The average molecular weight is 236 g/mol. The Bertz CT molecular complexity index is 322. The average Bonchev–Trinajstić information content (AvgIpc) is 2.94. The predicted octanol–water partition coefficient (Wildman–Crippen LogP) is 2.27. The van der Waals surface area contributed by atoms with Crippen molar-refractivity contribution in [2.45, 2.75) is 76.5 Å². The third-order valence-electron chi connectivity index (χ3n) is 5.18. The Balaban J connectivity index is 1.83. The summed E-state index contributed by atoms with van der Waals surface area (Å²) in [5, 5.41) is 3.60. The van der Waals surface area contributed by atoms with Crippen LogP contribution in [0.5, 0.6) is 0 Å². The third kappa shape index (κ3) is 1.62. The molecule has 0 bridgehead atoms. The van der Waals surface area contributed by atoms with Crippen LogP contribution in [0.25, 0.3) is 0 Å². The van der Waals surface area contributed by atoms with Crippen molar-refractivity contribution < 1.29 is 4.79 Å². The van der Waals surface area contributed by atoms with Gasteiger partial charge in [0.15, 0.2) is 0 Å². The van der Waals surface area contributed by atoms with Crippen molar-refractivity contribution in [1.82, 2.24) is 10.2 Å². The summed E-state index contributed by atoms with van der Waals surface area (Å²) < 4.78 is 0. The Kier molecular flexibility index (Phi) is 2.69. The molecule has 2 saturated carbocycles. The van der Waals surface area contributed by atoms with E-state index in [0.717, 1.165) is 12.8 Å². The molecule has 3 aliphatic rings. The van der Waals surface area contributed by atoms with Crippen LogP contribution in [-0.4, -0.2) is 28.6 Å². The number of carbonyl (C=O) groups excluding carboxylic acids is 1. The first-order valence-electron chi connectivity index (χ1n) is 7.24. The van der Waals surface area contributed by atoms with Gasteiger partial charge in [-0.25, -0.2) is 0 Å². The van der Waals surface area contributed by atoms with E-state index in [4.69, 9.17) is 0 Å². The monoisotopic (exact) mass is 236 g/mol. The molecule has 3 heteroatoms. The van der Waals surface area contributed by atoms with E-state index in [1.807, 2.05) is 0 Å². The molecule has 0 aromatic heterocycles. The van der Waals surface area contributed by atoms with Crippen molar-refractivity contribution >= 4 is 5.91 Å². The molecule has 1 heterocycles. The maximum atomic E-state index is 12.7. The topological polar surface area (TPSA) is 32.3 Å². The number of nitrogens with zero attached hydrogens (tertiary/aromatic N) is 1. The normalized spacial score (nSPS) is 40.7. The summed E-state index contributed by atoms with van der Waals surface area (Å²) in [6.07, 6.45) is 8.53. The summed E-state index contributed by atoms with van der Waals surface area (Å²) in [6, 6.07) is 0.491. The van der Waals surface area contributed by atoms with Crippen molar-refractivity contribution in [1.29, 1.82) is 0 Å². The molecule has 3 atom stereocenters. The number of nitrogens with one attached hydrogen (secondary N) is 1. The minimum atomic E-state index is -0.179. The van der Waals surface area contributed by atoms with E-state index >= 15 is 0 Å². The smallest absolute Gasteiger partial charge is 0.244 e. The van der Waals surface area contributed by atoms with Gasteiger partial charge in [0, 0.05) is 6.04 Å². The number of hydrogen-bond donors (Lipinski definition) is 1. The molecule has 0 radical (unpaired) electrons. The standard InChI is InChI=1S/C14H24N2O/c1-10-6-5-7-12(10)16-11(2)15-14(13(16)17)8-3-4-9-14/h10-12,15H,3-9H2,1-2H3. The van der Waals surface area contributed by atoms with Crippen LogP contribution in [0.1, 0.15) is 58.8 Å². The molecule has 2 aliphatic carbocycles. The van der Waals surface area contributed by atoms with Crippen molar-refractivity contribution in [3.8, 4) is 0 Å². The fourth-order valence-electron chi connectivity index (χ4n) is 4.27. The summed E-state index contributed by atoms with van der Waals surface area (Å²) in [7, 11) is 0. The van der Waals surface area contributed by atoms with Gasteiger partial charge in [-0.1, -0.05) is 26.2 Å². The van der Waals surface area contributed by atoms with Crippen LogP contribution < -0.4 is 5.32 Å². The summed E-state index contributed by atoms with van der Waals surface area (Å²) in [6.45, 7) is 4.47. The lowest BCUT2D eigenvalue weighted by Crippen LogP contribution is -2.46. The Hall–Kier alpha value is -0.570. The Morgan fingerprint density at radius 2 is 1.88 bits per heavy atom. The van der Waals surface area contributed by atoms with E-state index in [1.165, 1.54) is 32.1 Å². The van der Waals surface area contributed by atoms with Crippen LogP contribution in [0.3, 0.4) is 0 Å². The fourth-order valence-corrected chi connectivity index (χ4v) is 4.27. The molecule has 0 aromatic rings. The molecular formula is C14H24N2O. The van der Waals surface area contributed by atoms with Crippen LogP contribution in [0.2, 0.25) is 0 Å². The molecule has 3 unspecified atom stereocenters. The lowest BCUT2D eigenvalue weighted by molar-refractivity contribution is -0.135. The van der Waals surface area contributed by atoms with Gasteiger partial charge in [0.1, 0.15) is 0 Å². The minimum Gasteiger partial charge on any atom is -0.323 e. The number of rotatable bonds is 1. The number of amides is 1. The molecule has 3 nitrogen and oxygen atoms in total. The highest BCUT2D eigenvalue weighted by Crippen LogP contribution is 2.40. The third-order valence-corrected chi connectivity index (χ3v) is 5.18. The molecule has 1 aliphatic heterocycles. The second kappa shape index (κ2) is 3.98. The van der Waals surface area contributed by atoms with Crippen LogP contribution in [0.15, 0.2) is 0 Å². The van der Waals surface area contributed by atoms with E-state index < -0.39 is 0 Å². The molecule has 1 spiro atoms. The summed E-state index contributed by atoms with van der Waals surface area (Å²) in [5.74, 6) is 1.08. The first-order chi connectivity index (χ1) is 8.14. The van der Waals surface area contributed by atoms with Gasteiger partial charge in [0.2, 0.25) is 5.91 Å². The fraction of sp³-hybridized carbons (Fsp3) is 0.929. The van der Waals surface area contributed by atoms with Crippen molar-refractivity contribution in [3.05, 3.63) is 0 Å². The lowest BCUT2D eigenvalue weighted by Gasteiger charge is -2.31. The zero-order valence-corrected chi connectivity index (χ0v) is 11.0. The van der Waals surface area contributed by atoms with Crippen molar-refractivity contribution in [3.63, 3.8) is 0 Å². The van der Waals surface area contributed by atoms with Gasteiger partial charge in [-0.3, -0.25) is 10.1 Å². The van der Waals surface area contributed by atoms with Crippen molar-refractivity contribution in [2.75, 3.05) is 0 Å². The minimum absolute atomic E-state index is 0.179. The van der Waals surface area contributed by atoms with Crippen LogP contribution in [0.4, 0.5) is 0 Å². The highest BCUT2D eigenvalue weighted by molar-refractivity contribution is 5.89. The zero-order chi connectivity index (χ0) is 12.0.